The molecule has 0 aliphatic carbocycles. The fourth-order valence-electron chi connectivity index (χ4n) is 1.93. The lowest BCUT2D eigenvalue weighted by atomic mass is 9.91. The maximum atomic E-state index is 11.8. The van der Waals surface area contributed by atoms with Gasteiger partial charge in [-0.15, -0.1) is 0 Å². The van der Waals surface area contributed by atoms with E-state index in [1.54, 1.807) is 13.0 Å². The van der Waals surface area contributed by atoms with Crippen LogP contribution in [0.15, 0.2) is 18.2 Å². The average Bonchev–Trinajstić information content (AvgIpc) is 2.30. The number of carbonyl (C=O) groups excluding carboxylic acids is 2. The molecule has 89 valence electrons. The third-order valence-corrected chi connectivity index (χ3v) is 2.76. The summed E-state index contributed by atoms with van der Waals surface area (Å²) in [7, 11) is 0. The van der Waals surface area contributed by atoms with E-state index in [9.17, 15) is 9.59 Å². The number of carbonyl (C=O) groups is 2. The van der Waals surface area contributed by atoms with Crippen molar-refractivity contribution in [3.05, 3.63) is 29.8 Å². The fourth-order valence-corrected chi connectivity index (χ4v) is 1.93. The Labute approximate surface area is 100.0 Å². The summed E-state index contributed by atoms with van der Waals surface area (Å²) in [5, 5.41) is 2.79. The van der Waals surface area contributed by atoms with Crippen molar-refractivity contribution in [2.24, 2.45) is 5.92 Å². The molecule has 0 spiro atoms. The number of benzene rings is 1. The number of esters is 1. The third kappa shape index (κ3) is 2.64. The Morgan fingerprint density at radius 1 is 1.65 bits per heavy atom. The van der Waals surface area contributed by atoms with E-state index in [-0.39, 0.29) is 24.2 Å². The second-order valence-corrected chi connectivity index (χ2v) is 3.98. The minimum Gasteiger partial charge on any atom is -0.466 e. The van der Waals surface area contributed by atoms with Crippen molar-refractivity contribution in [2.75, 3.05) is 11.9 Å². The number of rotatable bonds is 3. The van der Waals surface area contributed by atoms with Crippen LogP contribution in [0.4, 0.5) is 5.69 Å². The molecule has 0 saturated heterocycles. The SMILES string of the molecule is CCOC(=O)CC1Cc2c[c]ccc2NC1=O. The lowest BCUT2D eigenvalue weighted by Crippen LogP contribution is -2.31. The Hall–Kier alpha value is -1.84. The highest BCUT2D eigenvalue weighted by Crippen LogP contribution is 2.26. The van der Waals surface area contributed by atoms with Gasteiger partial charge in [-0.25, -0.2) is 0 Å². The summed E-state index contributed by atoms with van der Waals surface area (Å²) in [6.45, 7) is 2.10. The van der Waals surface area contributed by atoms with Crippen molar-refractivity contribution in [1.82, 2.24) is 0 Å². The molecule has 17 heavy (non-hydrogen) atoms. The van der Waals surface area contributed by atoms with E-state index in [1.807, 2.05) is 12.1 Å². The summed E-state index contributed by atoms with van der Waals surface area (Å²) in [6.07, 6.45) is 0.700. The molecule has 0 bridgehead atoms. The lowest BCUT2D eigenvalue weighted by molar-refractivity contribution is -0.145. The summed E-state index contributed by atoms with van der Waals surface area (Å²) in [5.74, 6) is -0.773. The highest BCUT2D eigenvalue weighted by atomic mass is 16.5. The molecule has 0 fully saturated rings. The second-order valence-electron chi connectivity index (χ2n) is 3.98. The van der Waals surface area contributed by atoms with E-state index in [4.69, 9.17) is 4.74 Å². The van der Waals surface area contributed by atoms with Crippen LogP contribution in [0, 0.1) is 12.0 Å². The van der Waals surface area contributed by atoms with Crippen LogP contribution in [0.3, 0.4) is 0 Å². The van der Waals surface area contributed by atoms with Gasteiger partial charge < -0.3 is 10.1 Å². The fraction of sp³-hybridized carbons (Fsp3) is 0.385. The Morgan fingerprint density at radius 3 is 3.24 bits per heavy atom. The molecule has 1 radical (unpaired) electrons. The highest BCUT2D eigenvalue weighted by molar-refractivity contribution is 5.97. The third-order valence-electron chi connectivity index (χ3n) is 2.76. The molecule has 1 atom stereocenters. The normalized spacial score (nSPS) is 18.2. The number of nitrogens with one attached hydrogen (secondary N) is 1. The Kier molecular flexibility index (Phi) is 3.42. The van der Waals surface area contributed by atoms with E-state index >= 15 is 0 Å². The van der Waals surface area contributed by atoms with Crippen LogP contribution in [-0.2, 0) is 20.7 Å². The zero-order chi connectivity index (χ0) is 12.3. The van der Waals surface area contributed by atoms with Gasteiger partial charge in [-0.05, 0) is 37.1 Å². The first kappa shape index (κ1) is 11.6. The smallest absolute Gasteiger partial charge is 0.306 e. The van der Waals surface area contributed by atoms with Crippen molar-refractivity contribution >= 4 is 17.6 Å². The van der Waals surface area contributed by atoms with Gasteiger partial charge in [-0.3, -0.25) is 9.59 Å². The minimum absolute atomic E-state index is 0.114. The summed E-state index contributed by atoms with van der Waals surface area (Å²) < 4.78 is 4.85. The van der Waals surface area contributed by atoms with Crippen molar-refractivity contribution in [2.45, 2.75) is 19.8 Å². The maximum Gasteiger partial charge on any atom is 0.306 e. The van der Waals surface area contributed by atoms with Gasteiger partial charge in [0.2, 0.25) is 5.91 Å². The van der Waals surface area contributed by atoms with Gasteiger partial charge in [0.1, 0.15) is 0 Å². The van der Waals surface area contributed by atoms with Crippen LogP contribution < -0.4 is 5.32 Å². The van der Waals surface area contributed by atoms with E-state index in [1.165, 1.54) is 0 Å². The number of hydrogen-bond acceptors (Lipinski definition) is 3. The first-order chi connectivity index (χ1) is 8.20. The van der Waals surface area contributed by atoms with Gasteiger partial charge in [0, 0.05) is 5.69 Å². The molecule has 1 N–H and O–H groups in total. The Balaban J connectivity index is 2.07. The zero-order valence-corrected chi connectivity index (χ0v) is 9.66. The summed E-state index contributed by atoms with van der Waals surface area (Å²) in [6, 6.07) is 8.38. The number of fused-ring (bicyclic) bond motifs is 1. The van der Waals surface area contributed by atoms with Gasteiger partial charge in [0.05, 0.1) is 18.9 Å². The first-order valence-electron chi connectivity index (χ1n) is 5.66. The largest absolute Gasteiger partial charge is 0.466 e. The van der Waals surface area contributed by atoms with E-state index in [2.05, 4.69) is 11.4 Å². The quantitative estimate of drug-likeness (QED) is 0.804. The van der Waals surface area contributed by atoms with Crippen LogP contribution in [0.25, 0.3) is 0 Å². The van der Waals surface area contributed by atoms with E-state index in [0.29, 0.717) is 13.0 Å². The molecule has 1 amide bonds. The van der Waals surface area contributed by atoms with Crippen molar-refractivity contribution < 1.29 is 14.3 Å². The predicted molar refractivity (Wildman–Crippen MR) is 62.4 cm³/mol. The number of hydrogen-bond donors (Lipinski definition) is 1. The molecule has 1 aliphatic heterocycles. The van der Waals surface area contributed by atoms with Crippen molar-refractivity contribution in [3.63, 3.8) is 0 Å². The van der Waals surface area contributed by atoms with Crippen LogP contribution in [0.1, 0.15) is 18.9 Å². The molecule has 1 aliphatic rings. The van der Waals surface area contributed by atoms with Crippen molar-refractivity contribution in [3.8, 4) is 0 Å². The zero-order valence-electron chi connectivity index (χ0n) is 9.66. The molecule has 1 aromatic rings. The number of anilines is 1. The number of ether oxygens (including phenoxy) is 1. The monoisotopic (exact) mass is 232 g/mol. The van der Waals surface area contributed by atoms with Gasteiger partial charge in [-0.2, -0.15) is 0 Å². The van der Waals surface area contributed by atoms with Gasteiger partial charge >= 0.3 is 5.97 Å². The van der Waals surface area contributed by atoms with E-state index in [0.717, 1.165) is 11.3 Å². The van der Waals surface area contributed by atoms with Gasteiger partial charge in [0.15, 0.2) is 0 Å². The summed E-state index contributed by atoms with van der Waals surface area (Å²) >= 11 is 0. The molecule has 1 aromatic carbocycles. The predicted octanol–water partition coefficient (Wildman–Crippen LogP) is 1.55. The second kappa shape index (κ2) is 4.99. The van der Waals surface area contributed by atoms with Crippen molar-refractivity contribution in [1.29, 1.82) is 0 Å². The summed E-state index contributed by atoms with van der Waals surface area (Å²) in [5.41, 5.74) is 1.83. The van der Waals surface area contributed by atoms with Gasteiger partial charge in [-0.1, -0.05) is 6.07 Å². The molecule has 2 rings (SSSR count). The molecular weight excluding hydrogens is 218 g/mol. The maximum absolute atomic E-state index is 11.8. The molecule has 4 heteroatoms. The van der Waals surface area contributed by atoms with Crippen LogP contribution in [0.5, 0.6) is 0 Å². The molecule has 4 nitrogen and oxygen atoms in total. The molecular formula is C13H14NO3. The van der Waals surface area contributed by atoms with Crippen LogP contribution >= 0.6 is 0 Å². The first-order valence-corrected chi connectivity index (χ1v) is 5.66. The molecule has 1 heterocycles. The molecule has 1 unspecified atom stereocenters. The molecule has 0 saturated carbocycles. The Morgan fingerprint density at radius 2 is 2.47 bits per heavy atom. The average molecular weight is 232 g/mol. The van der Waals surface area contributed by atoms with E-state index < -0.39 is 0 Å². The van der Waals surface area contributed by atoms with Gasteiger partial charge in [0.25, 0.3) is 0 Å². The lowest BCUT2D eigenvalue weighted by Gasteiger charge is -2.23. The minimum atomic E-state index is -0.336. The van der Waals surface area contributed by atoms with Crippen LogP contribution in [0.2, 0.25) is 0 Å². The standard InChI is InChI=1S/C13H14NO3/c1-2-17-12(15)8-10-7-9-5-3-4-6-11(9)14-13(10)16/h4-6,10H,2,7-8H2,1H3,(H,14,16). The Bertz CT molecular complexity index is 442. The van der Waals surface area contributed by atoms with Crippen LogP contribution in [-0.4, -0.2) is 18.5 Å². The number of amides is 1. The molecule has 0 aromatic heterocycles. The topological polar surface area (TPSA) is 55.4 Å². The highest BCUT2D eigenvalue weighted by Gasteiger charge is 2.28. The summed E-state index contributed by atoms with van der Waals surface area (Å²) in [4.78, 5) is 23.1.